The fourth-order valence-corrected chi connectivity index (χ4v) is 5.36. The van der Waals surface area contributed by atoms with Gasteiger partial charge in [0.1, 0.15) is 11.5 Å². The van der Waals surface area contributed by atoms with Crippen molar-refractivity contribution in [3.05, 3.63) is 88.7 Å². The molecule has 5 rings (SSSR count). The molecular weight excluding hydrogens is 498 g/mol. The lowest BCUT2D eigenvalue weighted by Crippen LogP contribution is -2.29. The Morgan fingerprint density at radius 2 is 2.03 bits per heavy atom. The summed E-state index contributed by atoms with van der Waals surface area (Å²) in [5.41, 5.74) is 1.58. The second kappa shape index (κ2) is 10.1. The summed E-state index contributed by atoms with van der Waals surface area (Å²) in [6.45, 7) is 2.62. The van der Waals surface area contributed by atoms with E-state index >= 15 is 0 Å². The lowest BCUT2D eigenvalue weighted by molar-refractivity contribution is -0.132. The molecule has 3 heterocycles. The highest BCUT2D eigenvalue weighted by Gasteiger charge is 2.48. The predicted octanol–water partition coefficient (Wildman–Crippen LogP) is 6.15. The SMILES string of the molecule is CCCCOc1cccc(/C(O)=C2\C(=O)C(=O)N(c3nc4ccc(Cl)cc4s3)C2c2cccnc2)c1. The largest absolute Gasteiger partial charge is 0.507 e. The van der Waals surface area contributed by atoms with Gasteiger partial charge in [-0.3, -0.25) is 19.5 Å². The summed E-state index contributed by atoms with van der Waals surface area (Å²) in [7, 11) is 0. The predicted molar refractivity (Wildman–Crippen MR) is 140 cm³/mol. The van der Waals surface area contributed by atoms with Gasteiger partial charge in [0, 0.05) is 23.0 Å². The van der Waals surface area contributed by atoms with Crippen molar-refractivity contribution >= 4 is 55.7 Å². The smallest absolute Gasteiger partial charge is 0.301 e. The molecule has 0 aliphatic carbocycles. The van der Waals surface area contributed by atoms with Crippen molar-refractivity contribution in [1.82, 2.24) is 9.97 Å². The Labute approximate surface area is 216 Å². The van der Waals surface area contributed by atoms with E-state index in [0.29, 0.717) is 39.2 Å². The summed E-state index contributed by atoms with van der Waals surface area (Å²) in [6, 6.07) is 14.7. The van der Waals surface area contributed by atoms with Gasteiger partial charge in [-0.15, -0.1) is 0 Å². The summed E-state index contributed by atoms with van der Waals surface area (Å²) in [6.07, 6.45) is 5.07. The fourth-order valence-electron chi connectivity index (χ4n) is 4.10. The molecule has 1 fully saturated rings. The van der Waals surface area contributed by atoms with E-state index in [2.05, 4.69) is 16.9 Å². The summed E-state index contributed by atoms with van der Waals surface area (Å²) >= 11 is 7.38. The molecule has 1 saturated heterocycles. The second-order valence-electron chi connectivity index (χ2n) is 8.29. The maximum Gasteiger partial charge on any atom is 0.301 e. The topological polar surface area (TPSA) is 92.6 Å². The number of hydrogen-bond donors (Lipinski definition) is 1. The molecule has 36 heavy (non-hydrogen) atoms. The number of unbranched alkanes of at least 4 members (excludes halogenated alkanes) is 1. The molecule has 0 bridgehead atoms. The fraction of sp³-hybridized carbons (Fsp3) is 0.185. The van der Waals surface area contributed by atoms with E-state index in [9.17, 15) is 14.7 Å². The van der Waals surface area contributed by atoms with Gasteiger partial charge in [0.2, 0.25) is 0 Å². The van der Waals surface area contributed by atoms with E-state index in [0.717, 1.165) is 17.5 Å². The number of ether oxygens (including phenoxy) is 1. The molecule has 4 aromatic rings. The molecular formula is C27H22ClN3O4S. The minimum Gasteiger partial charge on any atom is -0.507 e. The molecule has 1 aliphatic rings. The van der Waals surface area contributed by atoms with Gasteiger partial charge in [-0.2, -0.15) is 0 Å². The highest BCUT2D eigenvalue weighted by atomic mass is 35.5. The summed E-state index contributed by atoms with van der Waals surface area (Å²) < 4.78 is 6.55. The van der Waals surface area contributed by atoms with Crippen molar-refractivity contribution in [3.8, 4) is 5.75 Å². The number of ketones is 1. The number of benzene rings is 2. The first-order chi connectivity index (χ1) is 17.5. The third kappa shape index (κ3) is 4.45. The first-order valence-electron chi connectivity index (χ1n) is 11.5. The number of anilines is 1. The summed E-state index contributed by atoms with van der Waals surface area (Å²) in [5.74, 6) is -1.28. The number of carbonyl (C=O) groups excluding carboxylic acids is 2. The minimum atomic E-state index is -0.903. The monoisotopic (exact) mass is 519 g/mol. The molecule has 0 radical (unpaired) electrons. The van der Waals surface area contributed by atoms with Gasteiger partial charge in [-0.05, 0) is 48.4 Å². The van der Waals surface area contributed by atoms with Crippen molar-refractivity contribution in [2.75, 3.05) is 11.5 Å². The number of hydrogen-bond acceptors (Lipinski definition) is 7. The highest BCUT2D eigenvalue weighted by Crippen LogP contribution is 2.44. The molecule has 1 amide bonds. The first kappa shape index (κ1) is 24.0. The maximum absolute atomic E-state index is 13.3. The molecule has 182 valence electrons. The summed E-state index contributed by atoms with van der Waals surface area (Å²) in [5, 5.41) is 12.2. The molecule has 0 spiro atoms. The zero-order chi connectivity index (χ0) is 25.2. The number of amides is 1. The number of carbonyl (C=O) groups is 2. The Hall–Kier alpha value is -3.75. The number of thiazole rings is 1. The Balaban J connectivity index is 1.63. The van der Waals surface area contributed by atoms with Crippen molar-refractivity contribution in [2.24, 2.45) is 0 Å². The average Bonchev–Trinajstić information content (AvgIpc) is 3.42. The Morgan fingerprint density at radius 1 is 1.17 bits per heavy atom. The van der Waals surface area contributed by atoms with Gasteiger partial charge in [-0.25, -0.2) is 4.98 Å². The van der Waals surface area contributed by atoms with Crippen LogP contribution in [0.1, 0.15) is 36.9 Å². The van der Waals surface area contributed by atoms with Crippen molar-refractivity contribution in [3.63, 3.8) is 0 Å². The quantitative estimate of drug-likeness (QED) is 0.136. The molecule has 2 aromatic heterocycles. The van der Waals surface area contributed by atoms with Crippen LogP contribution in [0.4, 0.5) is 5.13 Å². The van der Waals surface area contributed by atoms with Crippen LogP contribution in [0.25, 0.3) is 16.0 Å². The number of aliphatic hydroxyl groups excluding tert-OH is 1. The van der Waals surface area contributed by atoms with Gasteiger partial charge in [0.15, 0.2) is 5.13 Å². The molecule has 1 atom stereocenters. The molecule has 1 unspecified atom stereocenters. The molecule has 1 aliphatic heterocycles. The lowest BCUT2D eigenvalue weighted by atomic mass is 9.96. The number of fused-ring (bicyclic) bond motifs is 1. The van der Waals surface area contributed by atoms with Gasteiger partial charge in [0.25, 0.3) is 5.78 Å². The van der Waals surface area contributed by atoms with Crippen LogP contribution in [0.15, 0.2) is 72.6 Å². The normalized spacial score (nSPS) is 17.2. The van der Waals surface area contributed by atoms with Crippen LogP contribution in [0.2, 0.25) is 5.02 Å². The minimum absolute atomic E-state index is 0.0315. The van der Waals surface area contributed by atoms with E-state index in [1.54, 1.807) is 67.0 Å². The van der Waals surface area contributed by atoms with Gasteiger partial charge in [-0.1, -0.05) is 54.5 Å². The number of rotatable bonds is 7. The number of aliphatic hydroxyl groups is 1. The Kier molecular flexibility index (Phi) is 6.71. The van der Waals surface area contributed by atoms with Crippen LogP contribution < -0.4 is 9.64 Å². The second-order valence-corrected chi connectivity index (χ2v) is 9.74. The maximum atomic E-state index is 13.3. The standard InChI is InChI=1S/C27H22ClN3O4S/c1-2-3-12-35-19-8-4-6-16(13-19)24(32)22-23(17-7-5-11-29-15-17)31(26(34)25(22)33)27-30-20-10-9-18(28)14-21(20)36-27/h4-11,13-15,23,32H,2-3,12H2,1H3/b24-22+. The van der Waals surface area contributed by atoms with Gasteiger partial charge < -0.3 is 9.84 Å². The van der Waals surface area contributed by atoms with Crippen LogP contribution in [-0.2, 0) is 9.59 Å². The number of halogens is 1. The molecule has 7 nitrogen and oxygen atoms in total. The van der Waals surface area contributed by atoms with Crippen LogP contribution in [0.3, 0.4) is 0 Å². The number of aromatic nitrogens is 2. The van der Waals surface area contributed by atoms with Crippen LogP contribution in [0.5, 0.6) is 5.75 Å². The number of nitrogens with zero attached hydrogens (tertiary/aromatic N) is 3. The van der Waals surface area contributed by atoms with E-state index in [-0.39, 0.29) is 11.3 Å². The first-order valence-corrected chi connectivity index (χ1v) is 12.7. The van der Waals surface area contributed by atoms with Crippen molar-refractivity contribution in [1.29, 1.82) is 0 Å². The molecule has 1 N–H and O–H groups in total. The number of pyridine rings is 1. The van der Waals surface area contributed by atoms with Crippen LogP contribution in [0, 0.1) is 0 Å². The van der Waals surface area contributed by atoms with Crippen LogP contribution in [-0.4, -0.2) is 33.4 Å². The van der Waals surface area contributed by atoms with E-state index in [1.807, 2.05) is 0 Å². The summed E-state index contributed by atoms with van der Waals surface area (Å²) in [4.78, 5) is 36.8. The van der Waals surface area contributed by atoms with Gasteiger partial charge in [0.05, 0.1) is 28.4 Å². The molecule has 2 aromatic carbocycles. The highest BCUT2D eigenvalue weighted by molar-refractivity contribution is 7.22. The van der Waals surface area contributed by atoms with E-state index in [4.69, 9.17) is 16.3 Å². The number of Topliss-reactive ketones (excluding diaryl/α,β-unsaturated/α-hetero) is 1. The average molecular weight is 520 g/mol. The van der Waals surface area contributed by atoms with Crippen molar-refractivity contribution in [2.45, 2.75) is 25.8 Å². The Morgan fingerprint density at radius 3 is 2.81 bits per heavy atom. The Bertz CT molecular complexity index is 1480. The molecule has 9 heteroatoms. The van der Waals surface area contributed by atoms with E-state index in [1.165, 1.54) is 16.2 Å². The van der Waals surface area contributed by atoms with Crippen LogP contribution >= 0.6 is 22.9 Å². The third-order valence-corrected chi connectivity index (χ3v) is 7.12. The van der Waals surface area contributed by atoms with E-state index < -0.39 is 17.7 Å². The lowest BCUT2D eigenvalue weighted by Gasteiger charge is -2.22. The zero-order valence-corrected chi connectivity index (χ0v) is 20.9. The third-order valence-electron chi connectivity index (χ3n) is 5.86. The van der Waals surface area contributed by atoms with Crippen molar-refractivity contribution < 1.29 is 19.4 Å². The van der Waals surface area contributed by atoms with Gasteiger partial charge >= 0.3 is 5.91 Å². The molecule has 0 saturated carbocycles. The zero-order valence-electron chi connectivity index (χ0n) is 19.3.